The van der Waals surface area contributed by atoms with Gasteiger partial charge in [0, 0.05) is 62.0 Å². The molecule has 4 aromatic rings. The molecule has 51 heavy (non-hydrogen) atoms. The summed E-state index contributed by atoms with van der Waals surface area (Å²) >= 11 is 0. The first-order chi connectivity index (χ1) is 24.3. The first kappa shape index (κ1) is 36.1. The number of anilines is 3. The van der Waals surface area contributed by atoms with Gasteiger partial charge in [-0.25, -0.2) is 19.7 Å². The van der Waals surface area contributed by atoms with E-state index in [0.29, 0.717) is 61.9 Å². The van der Waals surface area contributed by atoms with Crippen molar-refractivity contribution in [3.8, 4) is 0 Å². The summed E-state index contributed by atoms with van der Waals surface area (Å²) in [5.41, 5.74) is 4.75. The van der Waals surface area contributed by atoms with Gasteiger partial charge in [-0.3, -0.25) is 5.32 Å². The van der Waals surface area contributed by atoms with Crippen molar-refractivity contribution in [2.75, 3.05) is 41.3 Å². The Morgan fingerprint density at radius 1 is 0.824 bits per heavy atom. The summed E-state index contributed by atoms with van der Waals surface area (Å²) in [4.78, 5) is 29.0. The topological polar surface area (TPSA) is 112 Å². The second-order valence-corrected chi connectivity index (χ2v) is 13.4. The Morgan fingerprint density at radius 2 is 1.47 bits per heavy atom. The van der Waals surface area contributed by atoms with Crippen LogP contribution in [0.15, 0.2) is 54.7 Å². The molecule has 0 atom stereocenters. The summed E-state index contributed by atoms with van der Waals surface area (Å²) in [6.45, 7) is 3.73. The molecule has 0 unspecified atom stereocenters. The van der Waals surface area contributed by atoms with Gasteiger partial charge in [-0.2, -0.15) is 26.3 Å². The van der Waals surface area contributed by atoms with Gasteiger partial charge in [0.1, 0.15) is 28.8 Å². The number of fused-ring (bicyclic) bond motifs is 1. The lowest BCUT2D eigenvalue weighted by Gasteiger charge is -2.35. The fourth-order valence-corrected chi connectivity index (χ4v) is 6.83. The van der Waals surface area contributed by atoms with Crippen LogP contribution in [0.5, 0.6) is 0 Å². The van der Waals surface area contributed by atoms with Gasteiger partial charge in [-0.15, -0.1) is 0 Å². The number of halogens is 6. The molecule has 4 N–H and O–H groups in total. The molecule has 0 spiro atoms. The Kier molecular flexibility index (Phi) is 10.6. The fraction of sp³-hybridized carbons (Fsp3) is 0.444. The number of nitrogens with two attached hydrogens (primary N) is 1. The van der Waals surface area contributed by atoms with E-state index in [1.807, 2.05) is 29.2 Å². The van der Waals surface area contributed by atoms with Crippen molar-refractivity contribution < 1.29 is 31.1 Å². The SMILES string of the molecule is CC1CCN(c2nc(C(F)(F)F)c(CC3CCN(c4nc(C(F)(F)F)ccc4CN)CC3)cc2CNC(=O)Nc2cc3ccccc3cn2)CC1. The van der Waals surface area contributed by atoms with Crippen LogP contribution in [0, 0.1) is 11.8 Å². The molecule has 272 valence electrons. The molecule has 6 rings (SSSR count). The summed E-state index contributed by atoms with van der Waals surface area (Å²) in [7, 11) is 0. The minimum Gasteiger partial charge on any atom is -0.356 e. The van der Waals surface area contributed by atoms with Gasteiger partial charge in [0.05, 0.1) is 0 Å². The van der Waals surface area contributed by atoms with Crippen LogP contribution in [-0.4, -0.2) is 47.2 Å². The molecule has 15 heteroatoms. The molecule has 2 aliphatic rings. The smallest absolute Gasteiger partial charge is 0.356 e. The second kappa shape index (κ2) is 14.9. The quantitative estimate of drug-likeness (QED) is 0.162. The van der Waals surface area contributed by atoms with Gasteiger partial charge in [-0.05, 0) is 73.1 Å². The molecule has 3 aromatic heterocycles. The van der Waals surface area contributed by atoms with E-state index in [0.717, 1.165) is 29.7 Å². The van der Waals surface area contributed by atoms with E-state index in [-0.39, 0.29) is 42.6 Å². The predicted molar refractivity (Wildman–Crippen MR) is 183 cm³/mol. The number of hydrogen-bond acceptors (Lipinski definition) is 7. The van der Waals surface area contributed by atoms with E-state index in [9.17, 15) is 31.1 Å². The van der Waals surface area contributed by atoms with Crippen molar-refractivity contribution >= 4 is 34.3 Å². The standard InChI is InChI=1S/C36H40F6N8O/c1-22-8-12-49(13-9-22)33-28(21-45-34(51)47-30-18-24-4-2-3-5-26(24)20-44-30)17-27(31(48-33)36(40,41)42)16-23-10-14-50(15-11-23)32-25(19-43)6-7-29(46-32)35(37,38)39/h2-7,17-18,20,22-23H,8-16,19,21,43H2,1H3,(H2,44,45,47,51). The van der Waals surface area contributed by atoms with Crippen molar-refractivity contribution in [2.24, 2.45) is 17.6 Å². The van der Waals surface area contributed by atoms with Crippen LogP contribution in [0.25, 0.3) is 10.8 Å². The molecule has 0 saturated carbocycles. The molecule has 5 heterocycles. The number of nitrogens with one attached hydrogen (secondary N) is 2. The predicted octanol–water partition coefficient (Wildman–Crippen LogP) is 7.54. The second-order valence-electron chi connectivity index (χ2n) is 13.4. The number of piperidine rings is 2. The van der Waals surface area contributed by atoms with Gasteiger partial charge in [-0.1, -0.05) is 37.3 Å². The van der Waals surface area contributed by atoms with Crippen LogP contribution in [0.3, 0.4) is 0 Å². The van der Waals surface area contributed by atoms with E-state index in [1.165, 1.54) is 12.1 Å². The number of alkyl halides is 6. The highest BCUT2D eigenvalue weighted by atomic mass is 19.4. The first-order valence-electron chi connectivity index (χ1n) is 17.0. The molecule has 1 aromatic carbocycles. The maximum Gasteiger partial charge on any atom is 0.433 e. The zero-order chi connectivity index (χ0) is 36.3. The number of benzene rings is 1. The number of aromatic nitrogens is 3. The highest BCUT2D eigenvalue weighted by molar-refractivity contribution is 5.91. The number of carbonyl (C=O) groups is 1. The molecular weight excluding hydrogens is 674 g/mol. The molecule has 2 fully saturated rings. The summed E-state index contributed by atoms with van der Waals surface area (Å²) in [5.74, 6) is 0.910. The van der Waals surface area contributed by atoms with Crippen LogP contribution < -0.4 is 26.2 Å². The maximum absolute atomic E-state index is 14.6. The molecular formula is C36H40F6N8O. The average molecular weight is 715 g/mol. The van der Waals surface area contributed by atoms with Crippen LogP contribution in [0.1, 0.15) is 60.7 Å². The van der Waals surface area contributed by atoms with Crippen LogP contribution in [0.2, 0.25) is 0 Å². The van der Waals surface area contributed by atoms with Crippen molar-refractivity contribution in [3.05, 3.63) is 82.8 Å². The number of carbonyl (C=O) groups excluding carboxylic acids is 1. The van der Waals surface area contributed by atoms with Crippen LogP contribution in [0.4, 0.5) is 48.6 Å². The number of pyridine rings is 3. The monoisotopic (exact) mass is 714 g/mol. The van der Waals surface area contributed by atoms with Crippen LogP contribution in [-0.2, 0) is 31.9 Å². The molecule has 2 aliphatic heterocycles. The van der Waals surface area contributed by atoms with Crippen molar-refractivity contribution in [1.29, 1.82) is 0 Å². The summed E-state index contributed by atoms with van der Waals surface area (Å²) in [6, 6.07) is 12.4. The summed E-state index contributed by atoms with van der Waals surface area (Å²) in [6.07, 6.45) is -5.18. The fourth-order valence-electron chi connectivity index (χ4n) is 6.83. The number of rotatable bonds is 8. The first-order valence-corrected chi connectivity index (χ1v) is 17.0. The largest absolute Gasteiger partial charge is 0.433 e. The van der Waals surface area contributed by atoms with Gasteiger partial charge >= 0.3 is 18.4 Å². The van der Waals surface area contributed by atoms with E-state index < -0.39 is 29.8 Å². The average Bonchev–Trinajstić information content (AvgIpc) is 3.10. The normalized spacial score (nSPS) is 16.5. The Morgan fingerprint density at radius 3 is 2.12 bits per heavy atom. The summed E-state index contributed by atoms with van der Waals surface area (Å²) < 4.78 is 84.1. The van der Waals surface area contributed by atoms with Crippen molar-refractivity contribution in [2.45, 2.75) is 64.5 Å². The zero-order valence-corrected chi connectivity index (χ0v) is 28.1. The molecule has 2 saturated heterocycles. The third-order valence-corrected chi connectivity index (χ3v) is 9.71. The third kappa shape index (κ3) is 8.63. The maximum atomic E-state index is 14.6. The highest BCUT2D eigenvalue weighted by Gasteiger charge is 2.38. The lowest BCUT2D eigenvalue weighted by atomic mass is 9.88. The van der Waals surface area contributed by atoms with E-state index in [2.05, 4.69) is 32.5 Å². The Bertz CT molecular complexity index is 1850. The van der Waals surface area contributed by atoms with Gasteiger partial charge in [0.15, 0.2) is 0 Å². The molecule has 0 aliphatic carbocycles. The Labute approximate surface area is 291 Å². The lowest BCUT2D eigenvalue weighted by Crippen LogP contribution is -2.37. The number of nitrogens with zero attached hydrogens (tertiary/aromatic N) is 5. The molecule has 0 radical (unpaired) electrons. The molecule has 0 bridgehead atoms. The van der Waals surface area contributed by atoms with Gasteiger partial charge in [0.25, 0.3) is 0 Å². The van der Waals surface area contributed by atoms with E-state index >= 15 is 0 Å². The Hall–Kier alpha value is -4.66. The van der Waals surface area contributed by atoms with E-state index in [1.54, 1.807) is 17.2 Å². The summed E-state index contributed by atoms with van der Waals surface area (Å²) in [5, 5.41) is 7.28. The minimum absolute atomic E-state index is 0.00308. The van der Waals surface area contributed by atoms with Crippen molar-refractivity contribution in [3.63, 3.8) is 0 Å². The van der Waals surface area contributed by atoms with E-state index in [4.69, 9.17) is 5.73 Å². The molecule has 2 amide bonds. The van der Waals surface area contributed by atoms with Crippen molar-refractivity contribution in [1.82, 2.24) is 20.3 Å². The lowest BCUT2D eigenvalue weighted by molar-refractivity contribution is -0.142. The number of amides is 2. The third-order valence-electron chi connectivity index (χ3n) is 9.71. The molecule has 9 nitrogen and oxygen atoms in total. The zero-order valence-electron chi connectivity index (χ0n) is 28.1. The van der Waals surface area contributed by atoms with Gasteiger partial charge < -0.3 is 20.9 Å². The van der Waals surface area contributed by atoms with Gasteiger partial charge in [0.2, 0.25) is 0 Å². The van der Waals surface area contributed by atoms with Crippen LogP contribution >= 0.6 is 0 Å². The minimum atomic E-state index is -4.73. The number of hydrogen-bond donors (Lipinski definition) is 3. The number of urea groups is 1. The highest BCUT2D eigenvalue weighted by Crippen LogP contribution is 2.38. The Balaban J connectivity index is 1.22.